The van der Waals surface area contributed by atoms with Crippen molar-refractivity contribution in [3.8, 4) is 0 Å². The second kappa shape index (κ2) is 9.37. The van der Waals surface area contributed by atoms with Crippen LogP contribution in [0.2, 0.25) is 5.02 Å². The summed E-state index contributed by atoms with van der Waals surface area (Å²) in [7, 11) is 0. The van der Waals surface area contributed by atoms with E-state index < -0.39 is 23.5 Å². The number of rotatable bonds is 7. The molecule has 1 aliphatic carbocycles. The minimum atomic E-state index is -0.825. The first-order valence-corrected chi connectivity index (χ1v) is 12.4. The second-order valence-electron chi connectivity index (χ2n) is 9.93. The fraction of sp³-hybridized carbons (Fsp3) is 0.520. The Morgan fingerprint density at radius 2 is 2.03 bits per heavy atom. The molecule has 1 aromatic heterocycles. The monoisotopic (exact) mass is 500 g/mol. The van der Waals surface area contributed by atoms with E-state index in [0.717, 1.165) is 25.7 Å². The molecule has 3 aliphatic rings. The van der Waals surface area contributed by atoms with Crippen LogP contribution in [0, 0.1) is 5.92 Å². The molecule has 0 spiro atoms. The van der Waals surface area contributed by atoms with Crippen molar-refractivity contribution in [3.63, 3.8) is 0 Å². The van der Waals surface area contributed by atoms with Crippen LogP contribution in [-0.2, 0) is 25.6 Å². The molecule has 10 heteroatoms. The van der Waals surface area contributed by atoms with Crippen molar-refractivity contribution in [1.82, 2.24) is 9.78 Å². The molecule has 5 rings (SSSR count). The number of ether oxygens (including phenoxy) is 2. The summed E-state index contributed by atoms with van der Waals surface area (Å²) in [5.74, 6) is -1.65. The van der Waals surface area contributed by atoms with Crippen molar-refractivity contribution < 1.29 is 23.9 Å². The smallest absolute Gasteiger partial charge is 0.300 e. The van der Waals surface area contributed by atoms with Gasteiger partial charge in [-0.05, 0) is 44.4 Å². The van der Waals surface area contributed by atoms with E-state index >= 15 is 0 Å². The van der Waals surface area contributed by atoms with Gasteiger partial charge in [0.15, 0.2) is 11.6 Å². The summed E-state index contributed by atoms with van der Waals surface area (Å²) in [6.45, 7) is 4.68. The van der Waals surface area contributed by atoms with Crippen molar-refractivity contribution in [2.24, 2.45) is 5.92 Å². The SMILES string of the molecule is CC1(C)OCC(Cn2ccc(NC(=O)C(CC3CCCC3)N3C(=O)C(=O)c4cc(Cl)ccc43)n2)O1. The summed E-state index contributed by atoms with van der Waals surface area (Å²) >= 11 is 6.06. The number of carbonyl (C=O) groups excluding carboxylic acids is 3. The molecule has 3 heterocycles. The third-order valence-corrected chi connectivity index (χ3v) is 7.11. The minimum Gasteiger partial charge on any atom is -0.348 e. The zero-order valence-corrected chi connectivity index (χ0v) is 20.6. The van der Waals surface area contributed by atoms with E-state index in [1.807, 2.05) is 13.8 Å². The quantitative estimate of drug-likeness (QED) is 0.580. The predicted octanol–water partition coefficient (Wildman–Crippen LogP) is 3.80. The number of fused-ring (bicyclic) bond motifs is 1. The van der Waals surface area contributed by atoms with Gasteiger partial charge in [-0.1, -0.05) is 37.3 Å². The summed E-state index contributed by atoms with van der Waals surface area (Å²) in [4.78, 5) is 40.5. The van der Waals surface area contributed by atoms with E-state index in [-0.39, 0.29) is 17.6 Å². The molecule has 2 aromatic rings. The maximum atomic E-state index is 13.5. The van der Waals surface area contributed by atoms with Gasteiger partial charge >= 0.3 is 0 Å². The Hall–Kier alpha value is -2.75. The van der Waals surface area contributed by atoms with E-state index in [1.54, 1.807) is 29.1 Å². The minimum absolute atomic E-state index is 0.139. The van der Waals surface area contributed by atoms with Crippen molar-refractivity contribution in [2.75, 3.05) is 16.8 Å². The Labute approximate surface area is 208 Å². The van der Waals surface area contributed by atoms with Crippen LogP contribution in [0.4, 0.5) is 11.5 Å². The number of ketones is 1. The van der Waals surface area contributed by atoms with Crippen LogP contribution in [-0.4, -0.2) is 51.9 Å². The fourth-order valence-electron chi connectivity index (χ4n) is 5.24. The van der Waals surface area contributed by atoms with Gasteiger partial charge in [0.2, 0.25) is 5.91 Å². The zero-order valence-electron chi connectivity index (χ0n) is 19.8. The molecular formula is C25H29ClN4O5. The first kappa shape index (κ1) is 24.0. The molecule has 2 aliphatic heterocycles. The Morgan fingerprint density at radius 3 is 2.74 bits per heavy atom. The summed E-state index contributed by atoms with van der Waals surface area (Å²) < 4.78 is 13.1. The number of hydrogen-bond donors (Lipinski definition) is 1. The molecule has 0 bridgehead atoms. The summed E-state index contributed by atoms with van der Waals surface area (Å²) in [5, 5.41) is 7.68. The Kier molecular flexibility index (Phi) is 6.41. The molecule has 1 saturated heterocycles. The van der Waals surface area contributed by atoms with Gasteiger partial charge in [0.25, 0.3) is 11.7 Å². The lowest BCUT2D eigenvalue weighted by Gasteiger charge is -2.29. The van der Waals surface area contributed by atoms with Crippen molar-refractivity contribution >= 4 is 40.7 Å². The average Bonchev–Trinajstić information content (AvgIpc) is 3.58. The lowest BCUT2D eigenvalue weighted by atomic mass is 9.96. The molecule has 2 fully saturated rings. The number of aromatic nitrogens is 2. The molecule has 1 N–H and O–H groups in total. The fourth-order valence-corrected chi connectivity index (χ4v) is 5.41. The molecule has 9 nitrogen and oxygen atoms in total. The first-order valence-electron chi connectivity index (χ1n) is 12.0. The van der Waals surface area contributed by atoms with Crippen LogP contribution in [0.5, 0.6) is 0 Å². The molecular weight excluding hydrogens is 472 g/mol. The summed E-state index contributed by atoms with van der Waals surface area (Å²) in [6.07, 6.45) is 6.32. The third kappa shape index (κ3) is 4.98. The predicted molar refractivity (Wildman–Crippen MR) is 129 cm³/mol. The van der Waals surface area contributed by atoms with Crippen LogP contribution in [0.15, 0.2) is 30.5 Å². The highest BCUT2D eigenvalue weighted by Crippen LogP contribution is 2.37. The van der Waals surface area contributed by atoms with Gasteiger partial charge < -0.3 is 14.8 Å². The molecule has 2 unspecified atom stereocenters. The van der Waals surface area contributed by atoms with Gasteiger partial charge in [0, 0.05) is 17.3 Å². The first-order chi connectivity index (χ1) is 16.7. The molecule has 1 saturated carbocycles. The van der Waals surface area contributed by atoms with E-state index in [4.69, 9.17) is 21.1 Å². The van der Waals surface area contributed by atoms with Gasteiger partial charge in [-0.15, -0.1) is 0 Å². The summed E-state index contributed by atoms with van der Waals surface area (Å²) in [6, 6.07) is 5.63. The largest absolute Gasteiger partial charge is 0.348 e. The number of nitrogens with one attached hydrogen (secondary N) is 1. The van der Waals surface area contributed by atoms with Crippen LogP contribution >= 0.6 is 11.6 Å². The topological polar surface area (TPSA) is 103 Å². The normalized spacial score (nSPS) is 22.6. The molecule has 35 heavy (non-hydrogen) atoms. The van der Waals surface area contributed by atoms with Crippen molar-refractivity contribution in [3.05, 3.63) is 41.0 Å². The Morgan fingerprint density at radius 1 is 1.26 bits per heavy atom. The van der Waals surface area contributed by atoms with Gasteiger partial charge in [-0.25, -0.2) is 0 Å². The number of amides is 2. The number of anilines is 2. The molecule has 0 radical (unpaired) electrons. The van der Waals surface area contributed by atoms with Crippen LogP contribution in [0.3, 0.4) is 0 Å². The van der Waals surface area contributed by atoms with Gasteiger partial charge in [-0.2, -0.15) is 5.10 Å². The number of nitrogens with zero attached hydrogens (tertiary/aromatic N) is 3. The zero-order chi connectivity index (χ0) is 24.7. The Balaban J connectivity index is 1.35. The van der Waals surface area contributed by atoms with E-state index in [0.29, 0.717) is 42.0 Å². The average molecular weight is 501 g/mol. The maximum absolute atomic E-state index is 13.5. The maximum Gasteiger partial charge on any atom is 0.300 e. The van der Waals surface area contributed by atoms with Crippen LogP contribution in [0.1, 0.15) is 56.3 Å². The van der Waals surface area contributed by atoms with Crippen molar-refractivity contribution in [2.45, 2.75) is 70.4 Å². The van der Waals surface area contributed by atoms with Gasteiger partial charge in [0.05, 0.1) is 24.4 Å². The van der Waals surface area contributed by atoms with Gasteiger partial charge in [0.1, 0.15) is 12.1 Å². The lowest BCUT2D eigenvalue weighted by molar-refractivity contribution is -0.139. The van der Waals surface area contributed by atoms with E-state index in [1.165, 1.54) is 11.0 Å². The molecule has 1 aromatic carbocycles. The molecule has 2 atom stereocenters. The number of hydrogen-bond acceptors (Lipinski definition) is 6. The Bertz CT molecular complexity index is 1160. The molecule has 2 amide bonds. The number of halogens is 1. The van der Waals surface area contributed by atoms with Crippen LogP contribution in [0.25, 0.3) is 0 Å². The number of carbonyl (C=O) groups is 3. The number of Topliss-reactive ketones (excluding diaryl/α,β-unsaturated/α-hetero) is 1. The van der Waals surface area contributed by atoms with Crippen molar-refractivity contribution in [1.29, 1.82) is 0 Å². The molecule has 186 valence electrons. The third-order valence-electron chi connectivity index (χ3n) is 6.87. The van der Waals surface area contributed by atoms with Gasteiger partial charge in [-0.3, -0.25) is 24.0 Å². The summed E-state index contributed by atoms with van der Waals surface area (Å²) in [5.41, 5.74) is 0.659. The number of benzene rings is 1. The van der Waals surface area contributed by atoms with E-state index in [2.05, 4.69) is 10.4 Å². The highest BCUT2D eigenvalue weighted by molar-refractivity contribution is 6.53. The second-order valence-corrected chi connectivity index (χ2v) is 10.4. The highest BCUT2D eigenvalue weighted by Gasteiger charge is 2.43. The van der Waals surface area contributed by atoms with E-state index in [9.17, 15) is 14.4 Å². The standard InChI is InChI=1S/C25H29ClN4O5/c1-25(2)34-14-17(35-25)13-29-10-9-21(28-29)27-23(32)20(11-15-5-3-4-6-15)30-19-8-7-16(26)12-18(19)22(31)24(30)33/h7-10,12,15,17,20H,3-6,11,13-14H2,1-2H3,(H,27,28,32). The highest BCUT2D eigenvalue weighted by atomic mass is 35.5. The lowest BCUT2D eigenvalue weighted by Crippen LogP contribution is -2.48. The van der Waals surface area contributed by atoms with Crippen LogP contribution < -0.4 is 10.2 Å².